The molecule has 0 spiro atoms. The van der Waals surface area contributed by atoms with Crippen molar-refractivity contribution in [1.82, 2.24) is 15.0 Å². The molecule has 0 bridgehead atoms. The van der Waals surface area contributed by atoms with E-state index in [-0.39, 0.29) is 18.3 Å². The molecule has 0 aliphatic rings. The number of hydrogen-bond donors (Lipinski definition) is 1. The minimum Gasteiger partial charge on any atom is -0.462 e. The lowest BCUT2D eigenvalue weighted by Gasteiger charge is -2.11. The van der Waals surface area contributed by atoms with E-state index in [0.29, 0.717) is 22.5 Å². The van der Waals surface area contributed by atoms with Gasteiger partial charge in [-0.3, -0.25) is 15.1 Å². The molecular weight excluding hydrogens is 494 g/mol. The van der Waals surface area contributed by atoms with Crippen LogP contribution in [-0.2, 0) is 4.74 Å². The van der Waals surface area contributed by atoms with Gasteiger partial charge in [0.2, 0.25) is 5.82 Å². The van der Waals surface area contributed by atoms with E-state index in [4.69, 9.17) is 9.47 Å². The molecule has 33 heavy (non-hydrogen) atoms. The summed E-state index contributed by atoms with van der Waals surface area (Å²) >= 11 is 3.46. The average molecular weight is 510 g/mol. The van der Waals surface area contributed by atoms with Crippen LogP contribution in [0.1, 0.15) is 17.3 Å². The number of fused-ring (bicyclic) bond motifs is 1. The number of carbonyl (C=O) groups excluding carboxylic acids is 1. The van der Waals surface area contributed by atoms with Gasteiger partial charge in [0, 0.05) is 21.7 Å². The maximum absolute atomic E-state index is 12.0. The number of aromatic nitrogens is 3. The van der Waals surface area contributed by atoms with Gasteiger partial charge in [-0.2, -0.15) is 4.98 Å². The fourth-order valence-corrected chi connectivity index (χ4v) is 3.52. The molecule has 2 aromatic heterocycles. The summed E-state index contributed by atoms with van der Waals surface area (Å²) < 4.78 is 11.6. The van der Waals surface area contributed by atoms with Gasteiger partial charge in [0.1, 0.15) is 11.8 Å². The SMILES string of the molecule is CCOC(=O)c1cccc(Nc2ncnc(Oc3ccc(Br)c4cccnc34)c2[N+](=O)[O-])c1. The molecule has 0 saturated carbocycles. The van der Waals surface area contributed by atoms with E-state index in [2.05, 4.69) is 36.2 Å². The third kappa shape index (κ3) is 4.72. The largest absolute Gasteiger partial charge is 0.462 e. The first-order valence-electron chi connectivity index (χ1n) is 9.72. The lowest BCUT2D eigenvalue weighted by Crippen LogP contribution is -2.06. The number of nitrogens with zero attached hydrogens (tertiary/aromatic N) is 4. The van der Waals surface area contributed by atoms with Crippen LogP contribution in [-0.4, -0.2) is 32.5 Å². The quantitative estimate of drug-likeness (QED) is 0.197. The van der Waals surface area contributed by atoms with Gasteiger partial charge in [0.05, 0.1) is 17.1 Å². The standard InChI is InChI=1S/C22H16BrN5O5/c1-2-32-22(29)13-5-3-6-14(11-13)27-20-19(28(30)31)21(26-12-25-20)33-17-9-8-16(23)15-7-4-10-24-18(15)17/h3-12H,2H2,1H3,(H,25,26,27). The predicted octanol–water partition coefficient (Wildman–Crippen LogP) is 5.41. The first-order valence-corrected chi connectivity index (χ1v) is 10.5. The molecule has 0 atom stereocenters. The highest BCUT2D eigenvalue weighted by atomic mass is 79.9. The Kier molecular flexibility index (Phi) is 6.41. The van der Waals surface area contributed by atoms with Crippen LogP contribution in [0.3, 0.4) is 0 Å². The van der Waals surface area contributed by atoms with E-state index >= 15 is 0 Å². The number of nitrogens with one attached hydrogen (secondary N) is 1. The van der Waals surface area contributed by atoms with Crippen LogP contribution >= 0.6 is 15.9 Å². The summed E-state index contributed by atoms with van der Waals surface area (Å²) in [6.45, 7) is 1.93. The molecule has 11 heteroatoms. The number of carbonyl (C=O) groups is 1. The van der Waals surface area contributed by atoms with E-state index in [1.165, 1.54) is 6.07 Å². The highest BCUT2D eigenvalue weighted by Crippen LogP contribution is 2.38. The van der Waals surface area contributed by atoms with E-state index < -0.39 is 16.6 Å². The first-order chi connectivity index (χ1) is 16.0. The molecule has 0 saturated heterocycles. The number of rotatable bonds is 7. The Morgan fingerprint density at radius 2 is 2.00 bits per heavy atom. The number of benzene rings is 2. The molecule has 0 aliphatic carbocycles. The van der Waals surface area contributed by atoms with Gasteiger partial charge in [-0.15, -0.1) is 0 Å². The van der Waals surface area contributed by atoms with Crippen molar-refractivity contribution in [2.75, 3.05) is 11.9 Å². The molecule has 2 aromatic carbocycles. The van der Waals surface area contributed by atoms with E-state index in [1.54, 1.807) is 49.5 Å². The Balaban J connectivity index is 1.71. The number of anilines is 2. The lowest BCUT2D eigenvalue weighted by molar-refractivity contribution is -0.385. The van der Waals surface area contributed by atoms with E-state index in [1.807, 2.05) is 6.07 Å². The van der Waals surface area contributed by atoms with Crippen LogP contribution in [0, 0.1) is 10.1 Å². The van der Waals surface area contributed by atoms with Gasteiger partial charge in [-0.1, -0.05) is 28.1 Å². The molecular formula is C22H16BrN5O5. The summed E-state index contributed by atoms with van der Waals surface area (Å²) in [5, 5.41) is 15.5. The Labute approximate surface area is 195 Å². The summed E-state index contributed by atoms with van der Waals surface area (Å²) in [5.74, 6) is -0.559. The molecule has 2 heterocycles. The zero-order valence-electron chi connectivity index (χ0n) is 17.2. The highest BCUT2D eigenvalue weighted by molar-refractivity contribution is 9.10. The monoisotopic (exact) mass is 509 g/mol. The summed E-state index contributed by atoms with van der Waals surface area (Å²) in [7, 11) is 0. The number of pyridine rings is 1. The van der Waals surface area contributed by atoms with Crippen molar-refractivity contribution in [2.24, 2.45) is 0 Å². The molecule has 4 rings (SSSR count). The second-order valence-corrected chi connectivity index (χ2v) is 7.46. The average Bonchev–Trinajstić information content (AvgIpc) is 2.81. The maximum atomic E-state index is 12.0. The van der Waals surface area contributed by atoms with Crippen molar-refractivity contribution >= 4 is 50.0 Å². The molecule has 4 aromatic rings. The summed E-state index contributed by atoms with van der Waals surface area (Å²) in [6, 6.07) is 13.4. The molecule has 10 nitrogen and oxygen atoms in total. The summed E-state index contributed by atoms with van der Waals surface area (Å²) in [6.07, 6.45) is 2.74. The topological polar surface area (TPSA) is 129 Å². The second kappa shape index (κ2) is 9.57. The van der Waals surface area contributed by atoms with Gasteiger partial charge in [0.15, 0.2) is 5.75 Å². The summed E-state index contributed by atoms with van der Waals surface area (Å²) in [4.78, 5) is 35.6. The third-order valence-electron chi connectivity index (χ3n) is 4.49. The van der Waals surface area contributed by atoms with Crippen LogP contribution in [0.2, 0.25) is 0 Å². The molecule has 1 N–H and O–H groups in total. The molecule has 0 radical (unpaired) electrons. The number of ether oxygens (including phenoxy) is 2. The fraction of sp³-hybridized carbons (Fsp3) is 0.0909. The van der Waals surface area contributed by atoms with Crippen LogP contribution in [0.15, 0.2) is 65.5 Å². The zero-order chi connectivity index (χ0) is 23.4. The van der Waals surface area contributed by atoms with Crippen molar-refractivity contribution in [3.8, 4) is 11.6 Å². The number of hydrogen-bond acceptors (Lipinski definition) is 9. The van der Waals surface area contributed by atoms with E-state index in [0.717, 1.165) is 16.2 Å². The maximum Gasteiger partial charge on any atom is 0.373 e. The fourth-order valence-electron chi connectivity index (χ4n) is 3.07. The van der Waals surface area contributed by atoms with Crippen LogP contribution in [0.5, 0.6) is 11.6 Å². The minimum atomic E-state index is -0.638. The minimum absolute atomic E-state index is 0.0969. The normalized spacial score (nSPS) is 10.6. The second-order valence-electron chi connectivity index (χ2n) is 6.61. The Hall–Kier alpha value is -4.12. The van der Waals surface area contributed by atoms with Crippen molar-refractivity contribution in [1.29, 1.82) is 0 Å². The number of nitro groups is 1. The number of esters is 1. The predicted molar refractivity (Wildman–Crippen MR) is 124 cm³/mol. The van der Waals surface area contributed by atoms with Gasteiger partial charge in [-0.05, 0) is 43.3 Å². The molecule has 166 valence electrons. The lowest BCUT2D eigenvalue weighted by atomic mass is 10.2. The van der Waals surface area contributed by atoms with E-state index in [9.17, 15) is 14.9 Å². The van der Waals surface area contributed by atoms with Gasteiger partial charge in [0.25, 0.3) is 0 Å². The van der Waals surface area contributed by atoms with Gasteiger partial charge >= 0.3 is 17.5 Å². The zero-order valence-corrected chi connectivity index (χ0v) is 18.8. The smallest absolute Gasteiger partial charge is 0.373 e. The first kappa shape index (κ1) is 22.1. The van der Waals surface area contributed by atoms with Crippen molar-refractivity contribution < 1.29 is 19.2 Å². The molecule has 0 fully saturated rings. The van der Waals surface area contributed by atoms with Crippen LogP contribution < -0.4 is 10.1 Å². The Morgan fingerprint density at radius 1 is 1.15 bits per heavy atom. The van der Waals surface area contributed by atoms with Crippen molar-refractivity contribution in [3.63, 3.8) is 0 Å². The Morgan fingerprint density at radius 3 is 2.79 bits per heavy atom. The van der Waals surface area contributed by atoms with Crippen molar-refractivity contribution in [2.45, 2.75) is 6.92 Å². The number of halogens is 1. The highest BCUT2D eigenvalue weighted by Gasteiger charge is 2.26. The molecule has 0 unspecified atom stereocenters. The van der Waals surface area contributed by atoms with Crippen LogP contribution in [0.25, 0.3) is 10.9 Å². The van der Waals surface area contributed by atoms with Gasteiger partial charge in [-0.25, -0.2) is 9.78 Å². The third-order valence-corrected chi connectivity index (χ3v) is 5.19. The van der Waals surface area contributed by atoms with Gasteiger partial charge < -0.3 is 14.8 Å². The summed E-state index contributed by atoms with van der Waals surface area (Å²) in [5.41, 5.74) is 0.744. The molecule has 0 aliphatic heterocycles. The van der Waals surface area contributed by atoms with Crippen LogP contribution in [0.4, 0.5) is 17.2 Å². The van der Waals surface area contributed by atoms with Crippen molar-refractivity contribution in [3.05, 3.63) is 81.2 Å². The Bertz CT molecular complexity index is 1360. The molecule has 0 amide bonds.